The minimum atomic E-state index is -0.187. The molecule has 0 saturated heterocycles. The van der Waals surface area contributed by atoms with Crippen molar-refractivity contribution in [1.82, 2.24) is 10.2 Å². The molecule has 1 amide bonds. The van der Waals surface area contributed by atoms with Crippen LogP contribution >= 0.6 is 0 Å². The van der Waals surface area contributed by atoms with E-state index in [4.69, 9.17) is 0 Å². The summed E-state index contributed by atoms with van der Waals surface area (Å²) < 4.78 is 0. The molecule has 96 valence electrons. The van der Waals surface area contributed by atoms with E-state index < -0.39 is 0 Å². The van der Waals surface area contributed by atoms with Gasteiger partial charge in [-0.3, -0.25) is 14.8 Å². The number of H-pyrrole nitrogens is 1. The minimum Gasteiger partial charge on any atom is -0.510 e. The summed E-state index contributed by atoms with van der Waals surface area (Å²) in [6, 6.07) is 5.55. The molecule has 1 fully saturated rings. The van der Waals surface area contributed by atoms with Crippen molar-refractivity contribution in [3.63, 3.8) is 0 Å². The highest BCUT2D eigenvalue weighted by Crippen LogP contribution is 2.42. The lowest BCUT2D eigenvalue weighted by atomic mass is 10.1. The highest BCUT2D eigenvalue weighted by atomic mass is 16.3. The molecule has 1 aliphatic carbocycles. The number of hydrogen-bond donors (Lipinski definition) is 2. The lowest BCUT2D eigenvalue weighted by Gasteiger charge is -2.25. The fourth-order valence-corrected chi connectivity index (χ4v) is 2.78. The summed E-state index contributed by atoms with van der Waals surface area (Å²) in [5, 5.41) is 17.8. The van der Waals surface area contributed by atoms with Crippen LogP contribution in [0.5, 0.6) is 0 Å². The number of carbonyl (C=O) groups is 1. The lowest BCUT2D eigenvalue weighted by molar-refractivity contribution is -0.114. The van der Waals surface area contributed by atoms with Gasteiger partial charge >= 0.3 is 0 Å². The van der Waals surface area contributed by atoms with Crippen molar-refractivity contribution < 1.29 is 9.90 Å². The number of fused-ring (bicyclic) bond motifs is 1. The maximum Gasteiger partial charge on any atom is 0.255 e. The van der Waals surface area contributed by atoms with Gasteiger partial charge in [-0.15, -0.1) is 0 Å². The van der Waals surface area contributed by atoms with Crippen molar-refractivity contribution in [2.75, 3.05) is 4.90 Å². The number of nitrogens with one attached hydrogen (secondary N) is 1. The standard InChI is InChI=1S/C14H13N3O2/c18-12-6-13(19)17(14(12)8-1-2-8)10-4-3-9-7-15-16-11(9)5-10/h3-8,14,18H,1-2H2,(H,15,16). The third-order valence-corrected chi connectivity index (χ3v) is 3.86. The second-order valence-corrected chi connectivity index (χ2v) is 5.20. The molecule has 0 bridgehead atoms. The molecule has 2 heterocycles. The number of nitrogens with zero attached hydrogens (tertiary/aromatic N) is 2. The van der Waals surface area contributed by atoms with Gasteiger partial charge in [-0.1, -0.05) is 0 Å². The Morgan fingerprint density at radius 3 is 3.00 bits per heavy atom. The zero-order chi connectivity index (χ0) is 13.0. The Morgan fingerprint density at radius 2 is 2.21 bits per heavy atom. The molecule has 1 aromatic carbocycles. The number of hydrogen-bond acceptors (Lipinski definition) is 3. The van der Waals surface area contributed by atoms with Crippen molar-refractivity contribution in [3.8, 4) is 0 Å². The second-order valence-electron chi connectivity index (χ2n) is 5.20. The van der Waals surface area contributed by atoms with Gasteiger partial charge in [-0.25, -0.2) is 0 Å². The first-order valence-corrected chi connectivity index (χ1v) is 6.41. The van der Waals surface area contributed by atoms with E-state index in [2.05, 4.69) is 10.2 Å². The van der Waals surface area contributed by atoms with Crippen LogP contribution in [-0.2, 0) is 4.79 Å². The van der Waals surface area contributed by atoms with Gasteiger partial charge in [0, 0.05) is 17.1 Å². The smallest absolute Gasteiger partial charge is 0.255 e. The number of aliphatic hydroxyl groups is 1. The summed E-state index contributed by atoms with van der Waals surface area (Å²) in [5.41, 5.74) is 1.70. The Hall–Kier alpha value is -2.30. The first-order valence-electron chi connectivity index (χ1n) is 6.41. The molecule has 1 unspecified atom stereocenters. The van der Waals surface area contributed by atoms with Gasteiger partial charge in [0.1, 0.15) is 5.76 Å². The Labute approximate surface area is 109 Å². The Balaban J connectivity index is 1.79. The molecule has 4 rings (SSSR count). The third kappa shape index (κ3) is 1.54. The Kier molecular flexibility index (Phi) is 2.01. The first-order chi connectivity index (χ1) is 9.24. The molecule has 0 spiro atoms. The number of aromatic amines is 1. The van der Waals surface area contributed by atoms with E-state index in [9.17, 15) is 9.90 Å². The van der Waals surface area contributed by atoms with Crippen LogP contribution in [-0.4, -0.2) is 27.3 Å². The van der Waals surface area contributed by atoms with E-state index in [0.29, 0.717) is 5.92 Å². The lowest BCUT2D eigenvalue weighted by Crippen LogP contribution is -2.36. The Morgan fingerprint density at radius 1 is 1.37 bits per heavy atom. The predicted molar refractivity (Wildman–Crippen MR) is 70.8 cm³/mol. The molecule has 2 aliphatic rings. The van der Waals surface area contributed by atoms with Crippen molar-refractivity contribution in [2.45, 2.75) is 18.9 Å². The number of anilines is 1. The molecule has 5 nitrogen and oxygen atoms in total. The van der Waals surface area contributed by atoms with Crippen molar-refractivity contribution in [2.24, 2.45) is 5.92 Å². The van der Waals surface area contributed by atoms with Gasteiger partial charge in [-0.05, 0) is 37.0 Å². The van der Waals surface area contributed by atoms with Crippen molar-refractivity contribution >= 4 is 22.5 Å². The zero-order valence-electron chi connectivity index (χ0n) is 10.2. The van der Waals surface area contributed by atoms with Crippen LogP contribution in [0.15, 0.2) is 36.2 Å². The summed E-state index contributed by atoms with van der Waals surface area (Å²) in [4.78, 5) is 13.8. The van der Waals surface area contributed by atoms with Crippen LogP contribution in [0.3, 0.4) is 0 Å². The molecular weight excluding hydrogens is 242 g/mol. The van der Waals surface area contributed by atoms with E-state index in [1.54, 1.807) is 11.1 Å². The number of aliphatic hydroxyl groups excluding tert-OH is 1. The summed E-state index contributed by atoms with van der Waals surface area (Å²) >= 11 is 0. The van der Waals surface area contributed by atoms with E-state index in [1.807, 2.05) is 18.2 Å². The van der Waals surface area contributed by atoms with Gasteiger partial charge in [0.15, 0.2) is 0 Å². The van der Waals surface area contributed by atoms with Crippen LogP contribution in [0.1, 0.15) is 12.8 Å². The Bertz CT molecular complexity index is 700. The van der Waals surface area contributed by atoms with Crippen molar-refractivity contribution in [3.05, 3.63) is 36.2 Å². The molecule has 2 N–H and O–H groups in total. The predicted octanol–water partition coefficient (Wildman–Crippen LogP) is 2.13. The van der Waals surface area contributed by atoms with E-state index in [1.165, 1.54) is 6.08 Å². The van der Waals surface area contributed by atoms with Gasteiger partial charge in [0.05, 0.1) is 17.8 Å². The molecular formula is C14H13N3O2. The highest BCUT2D eigenvalue weighted by Gasteiger charge is 2.44. The minimum absolute atomic E-state index is 0.145. The summed E-state index contributed by atoms with van der Waals surface area (Å²) in [7, 11) is 0. The molecule has 5 heteroatoms. The van der Waals surface area contributed by atoms with Crippen LogP contribution in [0.25, 0.3) is 10.9 Å². The van der Waals surface area contributed by atoms with Crippen LogP contribution in [0.2, 0.25) is 0 Å². The summed E-state index contributed by atoms with van der Waals surface area (Å²) in [6.45, 7) is 0. The maximum atomic E-state index is 12.1. The zero-order valence-corrected chi connectivity index (χ0v) is 10.2. The van der Waals surface area contributed by atoms with E-state index in [-0.39, 0.29) is 17.7 Å². The van der Waals surface area contributed by atoms with Crippen molar-refractivity contribution in [1.29, 1.82) is 0 Å². The molecule has 1 atom stereocenters. The van der Waals surface area contributed by atoms with Gasteiger partial charge in [0.2, 0.25) is 0 Å². The number of carbonyl (C=O) groups excluding carboxylic acids is 1. The first kappa shape index (κ1) is 10.6. The number of rotatable bonds is 2. The molecule has 1 saturated carbocycles. The number of aromatic nitrogens is 2. The monoisotopic (exact) mass is 255 g/mol. The SMILES string of the molecule is O=C1C=C(O)C(C2CC2)N1c1ccc2cn[nH]c2c1. The topological polar surface area (TPSA) is 69.2 Å². The quantitative estimate of drug-likeness (QED) is 0.863. The molecule has 2 aromatic rings. The largest absolute Gasteiger partial charge is 0.510 e. The fraction of sp³-hybridized carbons (Fsp3) is 0.286. The third-order valence-electron chi connectivity index (χ3n) is 3.86. The van der Waals surface area contributed by atoms with Crippen LogP contribution < -0.4 is 4.90 Å². The average Bonchev–Trinajstić information content (AvgIpc) is 3.03. The number of benzene rings is 1. The number of amides is 1. The normalized spacial score (nSPS) is 23.2. The molecule has 0 radical (unpaired) electrons. The fourth-order valence-electron chi connectivity index (χ4n) is 2.78. The van der Waals surface area contributed by atoms with E-state index in [0.717, 1.165) is 29.4 Å². The molecule has 19 heavy (non-hydrogen) atoms. The van der Waals surface area contributed by atoms with Crippen LogP contribution in [0.4, 0.5) is 5.69 Å². The van der Waals surface area contributed by atoms with E-state index >= 15 is 0 Å². The highest BCUT2D eigenvalue weighted by molar-refractivity contribution is 6.06. The summed E-state index contributed by atoms with van der Waals surface area (Å²) in [6.07, 6.45) is 5.22. The summed E-state index contributed by atoms with van der Waals surface area (Å²) in [5.74, 6) is 0.436. The van der Waals surface area contributed by atoms with Gasteiger partial charge in [0.25, 0.3) is 5.91 Å². The second kappa shape index (κ2) is 3.60. The molecule has 1 aromatic heterocycles. The van der Waals surface area contributed by atoms with Crippen LogP contribution in [0, 0.1) is 5.92 Å². The molecule has 1 aliphatic heterocycles. The average molecular weight is 255 g/mol. The maximum absolute atomic E-state index is 12.1. The van der Waals surface area contributed by atoms with Gasteiger partial charge < -0.3 is 5.11 Å². The van der Waals surface area contributed by atoms with Gasteiger partial charge in [-0.2, -0.15) is 5.10 Å².